The van der Waals surface area contributed by atoms with Gasteiger partial charge < -0.3 is 24.8 Å². The number of hydrogen-bond acceptors (Lipinski definition) is 5. The van der Waals surface area contributed by atoms with Crippen molar-refractivity contribution in [1.82, 2.24) is 9.80 Å². The second-order valence-corrected chi connectivity index (χ2v) is 7.16. The van der Waals surface area contributed by atoms with E-state index in [1.54, 1.807) is 16.8 Å². The van der Waals surface area contributed by atoms with Crippen LogP contribution in [0.15, 0.2) is 24.3 Å². The zero-order chi connectivity index (χ0) is 19.8. The SMILES string of the molecule is CC(C)COc1ccccc1NC(=O)N1CCOC(CN(C)CC(=O)O)C1. The molecule has 1 aliphatic rings. The van der Waals surface area contributed by atoms with E-state index in [1.165, 1.54) is 0 Å². The van der Waals surface area contributed by atoms with Crippen LogP contribution in [-0.2, 0) is 9.53 Å². The third kappa shape index (κ3) is 7.07. The van der Waals surface area contributed by atoms with Crippen molar-refractivity contribution in [3.63, 3.8) is 0 Å². The molecule has 2 rings (SSSR count). The number of nitrogens with one attached hydrogen (secondary N) is 1. The molecule has 2 N–H and O–H groups in total. The predicted octanol–water partition coefficient (Wildman–Crippen LogP) is 1.97. The van der Waals surface area contributed by atoms with Crippen LogP contribution in [0.1, 0.15) is 13.8 Å². The van der Waals surface area contributed by atoms with Crippen molar-refractivity contribution in [1.29, 1.82) is 0 Å². The van der Waals surface area contributed by atoms with Crippen molar-refractivity contribution in [2.24, 2.45) is 5.92 Å². The monoisotopic (exact) mass is 379 g/mol. The van der Waals surface area contributed by atoms with Crippen LogP contribution in [0.3, 0.4) is 0 Å². The number of ether oxygens (including phenoxy) is 2. The predicted molar refractivity (Wildman–Crippen MR) is 102 cm³/mol. The number of rotatable bonds is 8. The summed E-state index contributed by atoms with van der Waals surface area (Å²) in [5.41, 5.74) is 0.634. The number of carbonyl (C=O) groups is 2. The van der Waals surface area contributed by atoms with Crippen LogP contribution in [0, 0.1) is 5.92 Å². The number of carboxylic acids is 1. The van der Waals surface area contributed by atoms with Gasteiger partial charge in [0.2, 0.25) is 0 Å². The lowest BCUT2D eigenvalue weighted by Gasteiger charge is -2.34. The highest BCUT2D eigenvalue weighted by molar-refractivity contribution is 5.91. The zero-order valence-electron chi connectivity index (χ0n) is 16.2. The van der Waals surface area contributed by atoms with Crippen LogP contribution in [-0.4, -0.2) is 79.5 Å². The van der Waals surface area contributed by atoms with Crippen molar-refractivity contribution >= 4 is 17.7 Å². The van der Waals surface area contributed by atoms with Gasteiger partial charge >= 0.3 is 12.0 Å². The summed E-state index contributed by atoms with van der Waals surface area (Å²) < 4.78 is 11.4. The molecule has 1 saturated heterocycles. The van der Waals surface area contributed by atoms with E-state index in [1.807, 2.05) is 24.3 Å². The maximum Gasteiger partial charge on any atom is 0.322 e. The van der Waals surface area contributed by atoms with Gasteiger partial charge in [-0.05, 0) is 25.1 Å². The lowest BCUT2D eigenvalue weighted by molar-refractivity contribution is -0.138. The van der Waals surface area contributed by atoms with Crippen LogP contribution in [0.25, 0.3) is 0 Å². The lowest BCUT2D eigenvalue weighted by atomic mass is 10.2. The molecule has 0 bridgehead atoms. The summed E-state index contributed by atoms with van der Waals surface area (Å²) in [6.45, 7) is 6.40. The number of nitrogens with zero attached hydrogens (tertiary/aromatic N) is 2. The Morgan fingerprint density at radius 3 is 2.85 bits per heavy atom. The fraction of sp³-hybridized carbons (Fsp3) is 0.579. The first-order chi connectivity index (χ1) is 12.8. The van der Waals surface area contributed by atoms with Gasteiger partial charge in [-0.25, -0.2) is 4.79 Å². The molecule has 27 heavy (non-hydrogen) atoms. The van der Waals surface area contributed by atoms with Crippen LogP contribution < -0.4 is 10.1 Å². The average molecular weight is 379 g/mol. The fourth-order valence-corrected chi connectivity index (χ4v) is 2.80. The Labute approximate surface area is 160 Å². The first-order valence-corrected chi connectivity index (χ1v) is 9.15. The van der Waals surface area contributed by atoms with E-state index in [4.69, 9.17) is 14.6 Å². The molecule has 1 heterocycles. The molecular formula is C19H29N3O5. The summed E-state index contributed by atoms with van der Waals surface area (Å²) in [7, 11) is 1.72. The Balaban J connectivity index is 1.92. The van der Waals surface area contributed by atoms with Gasteiger partial charge in [0.05, 0.1) is 31.5 Å². The number of amides is 2. The number of morpholine rings is 1. The summed E-state index contributed by atoms with van der Waals surface area (Å²) in [5, 5.41) is 11.8. The van der Waals surface area contributed by atoms with Crippen LogP contribution in [0.4, 0.5) is 10.5 Å². The minimum Gasteiger partial charge on any atom is -0.491 e. The second kappa shape index (κ2) is 10.1. The Kier molecular flexibility index (Phi) is 7.87. The van der Waals surface area contributed by atoms with Gasteiger partial charge in [-0.1, -0.05) is 26.0 Å². The fourth-order valence-electron chi connectivity index (χ4n) is 2.80. The molecule has 1 aromatic rings. The van der Waals surface area contributed by atoms with Gasteiger partial charge in [0.1, 0.15) is 5.75 Å². The topological polar surface area (TPSA) is 91.3 Å². The lowest BCUT2D eigenvalue weighted by Crippen LogP contribution is -2.50. The molecule has 1 aromatic carbocycles. The van der Waals surface area contributed by atoms with E-state index in [0.717, 1.165) is 0 Å². The quantitative estimate of drug-likeness (QED) is 0.718. The van der Waals surface area contributed by atoms with E-state index in [0.29, 0.717) is 50.2 Å². The number of likely N-dealkylation sites (N-methyl/N-ethyl adjacent to an activating group) is 1. The minimum atomic E-state index is -0.888. The number of carbonyl (C=O) groups excluding carboxylic acids is 1. The maximum absolute atomic E-state index is 12.7. The molecule has 0 radical (unpaired) electrons. The average Bonchev–Trinajstić information content (AvgIpc) is 2.60. The molecule has 1 unspecified atom stereocenters. The molecule has 1 atom stereocenters. The molecule has 0 spiro atoms. The summed E-state index contributed by atoms with van der Waals surface area (Å²) in [5.74, 6) is 0.142. The Morgan fingerprint density at radius 2 is 2.15 bits per heavy atom. The Morgan fingerprint density at radius 1 is 1.41 bits per heavy atom. The normalized spacial score (nSPS) is 17.2. The van der Waals surface area contributed by atoms with E-state index >= 15 is 0 Å². The van der Waals surface area contributed by atoms with Crippen molar-refractivity contribution in [3.8, 4) is 5.75 Å². The van der Waals surface area contributed by atoms with Crippen molar-refractivity contribution in [2.75, 3.05) is 51.8 Å². The van der Waals surface area contributed by atoms with Crippen molar-refractivity contribution in [2.45, 2.75) is 20.0 Å². The smallest absolute Gasteiger partial charge is 0.322 e. The Hall–Kier alpha value is -2.32. The third-order valence-electron chi connectivity index (χ3n) is 4.05. The number of aliphatic carboxylic acids is 1. The summed E-state index contributed by atoms with van der Waals surface area (Å²) in [4.78, 5) is 26.8. The van der Waals surface area contributed by atoms with Gasteiger partial charge in [0.25, 0.3) is 0 Å². The summed E-state index contributed by atoms with van der Waals surface area (Å²) in [6.07, 6.45) is -0.221. The summed E-state index contributed by atoms with van der Waals surface area (Å²) in [6, 6.07) is 7.15. The largest absolute Gasteiger partial charge is 0.491 e. The highest BCUT2D eigenvalue weighted by atomic mass is 16.5. The number of urea groups is 1. The molecule has 0 aromatic heterocycles. The van der Waals surface area contributed by atoms with E-state index in [9.17, 15) is 9.59 Å². The third-order valence-corrected chi connectivity index (χ3v) is 4.05. The first-order valence-electron chi connectivity index (χ1n) is 9.15. The number of anilines is 1. The second-order valence-electron chi connectivity index (χ2n) is 7.16. The van der Waals surface area contributed by atoms with Gasteiger partial charge in [0.15, 0.2) is 0 Å². The van der Waals surface area contributed by atoms with E-state index in [-0.39, 0.29) is 18.7 Å². The molecule has 8 nitrogen and oxygen atoms in total. The van der Waals surface area contributed by atoms with Gasteiger partial charge in [0, 0.05) is 19.6 Å². The van der Waals surface area contributed by atoms with Crippen molar-refractivity contribution < 1.29 is 24.2 Å². The zero-order valence-corrected chi connectivity index (χ0v) is 16.2. The molecule has 1 aliphatic heterocycles. The molecule has 0 aliphatic carbocycles. The number of benzene rings is 1. The number of carboxylic acid groups (broad SMARTS) is 1. The van der Waals surface area contributed by atoms with Gasteiger partial charge in [-0.2, -0.15) is 0 Å². The highest BCUT2D eigenvalue weighted by Gasteiger charge is 2.26. The molecule has 150 valence electrons. The van der Waals surface area contributed by atoms with E-state index < -0.39 is 5.97 Å². The van der Waals surface area contributed by atoms with Gasteiger partial charge in [-0.3, -0.25) is 9.69 Å². The standard InChI is InChI=1S/C19H29N3O5/c1-14(2)13-27-17-7-5-4-6-16(17)20-19(25)22-8-9-26-15(11-22)10-21(3)12-18(23)24/h4-7,14-15H,8-13H2,1-3H3,(H,20,25)(H,23,24). The van der Waals surface area contributed by atoms with E-state index in [2.05, 4.69) is 19.2 Å². The molecule has 0 saturated carbocycles. The van der Waals surface area contributed by atoms with Gasteiger partial charge in [-0.15, -0.1) is 0 Å². The molecule has 1 fully saturated rings. The van der Waals surface area contributed by atoms with Crippen LogP contribution in [0.2, 0.25) is 0 Å². The highest BCUT2D eigenvalue weighted by Crippen LogP contribution is 2.25. The summed E-state index contributed by atoms with van der Waals surface area (Å²) >= 11 is 0. The van der Waals surface area contributed by atoms with Crippen LogP contribution in [0.5, 0.6) is 5.75 Å². The maximum atomic E-state index is 12.7. The molecule has 8 heteroatoms. The minimum absolute atomic E-state index is 0.0629. The van der Waals surface area contributed by atoms with Crippen molar-refractivity contribution in [3.05, 3.63) is 24.3 Å². The number of para-hydroxylation sites is 2. The Bertz CT molecular complexity index is 638. The number of hydrogen-bond donors (Lipinski definition) is 2. The molecule has 2 amide bonds. The van der Waals surface area contributed by atoms with Crippen LogP contribution >= 0.6 is 0 Å². The first kappa shape index (κ1) is 21.0. The molecular weight excluding hydrogens is 350 g/mol.